The van der Waals surface area contributed by atoms with Gasteiger partial charge in [-0.3, -0.25) is 4.79 Å². The number of ether oxygens (including phenoxy) is 2. The van der Waals surface area contributed by atoms with E-state index >= 15 is 0 Å². The molecule has 1 aromatic rings. The van der Waals surface area contributed by atoms with Crippen LogP contribution in [-0.2, 0) is 4.74 Å². The first-order chi connectivity index (χ1) is 11.5. The summed E-state index contributed by atoms with van der Waals surface area (Å²) < 4.78 is 10.6. The highest BCUT2D eigenvalue weighted by atomic mass is 16.6. The fourth-order valence-electron chi connectivity index (χ4n) is 2.41. The first-order valence-corrected chi connectivity index (χ1v) is 8.09. The first-order valence-electron chi connectivity index (χ1n) is 8.09. The highest BCUT2D eigenvalue weighted by Gasteiger charge is 2.25. The predicted molar refractivity (Wildman–Crippen MR) is 91.2 cm³/mol. The number of amides is 2. The normalized spacial score (nSPS) is 14.2. The Bertz CT molecular complexity index is 607. The number of nitrogens with zero attached hydrogens (tertiary/aromatic N) is 2. The Kier molecular flexibility index (Phi) is 6.23. The van der Waals surface area contributed by atoms with Crippen molar-refractivity contribution < 1.29 is 19.1 Å². The molecule has 1 aromatic carbocycles. The Morgan fingerprint density at radius 3 is 2.46 bits per heavy atom. The van der Waals surface area contributed by atoms with Crippen LogP contribution < -0.4 is 4.74 Å². The maximum Gasteiger partial charge on any atom is 0.409 e. The second-order valence-electron chi connectivity index (χ2n) is 5.75. The van der Waals surface area contributed by atoms with Crippen LogP contribution in [0.3, 0.4) is 0 Å². The van der Waals surface area contributed by atoms with Crippen LogP contribution in [0.4, 0.5) is 4.79 Å². The average Bonchev–Trinajstić information content (AvgIpc) is 2.60. The van der Waals surface area contributed by atoms with Crippen molar-refractivity contribution in [3.8, 4) is 5.75 Å². The lowest BCUT2D eigenvalue weighted by atomic mass is 10.1. The van der Waals surface area contributed by atoms with Gasteiger partial charge in [-0.1, -0.05) is 12.6 Å². The molecule has 24 heavy (non-hydrogen) atoms. The molecule has 1 heterocycles. The Hall–Kier alpha value is -2.50. The lowest BCUT2D eigenvalue weighted by Crippen LogP contribution is -2.50. The van der Waals surface area contributed by atoms with Crippen LogP contribution >= 0.6 is 0 Å². The minimum Gasteiger partial charge on any atom is -0.489 e. The fraction of sp³-hybridized carbons (Fsp3) is 0.444. The van der Waals surface area contributed by atoms with E-state index in [-0.39, 0.29) is 12.0 Å². The van der Waals surface area contributed by atoms with E-state index in [0.29, 0.717) is 50.7 Å². The summed E-state index contributed by atoms with van der Waals surface area (Å²) in [5.74, 6) is 0.591. The van der Waals surface area contributed by atoms with Crippen molar-refractivity contribution in [3.63, 3.8) is 0 Å². The van der Waals surface area contributed by atoms with E-state index in [4.69, 9.17) is 9.47 Å². The molecule has 0 atom stereocenters. The molecule has 2 amide bonds. The lowest BCUT2D eigenvalue weighted by molar-refractivity contribution is 0.0570. The number of carbonyl (C=O) groups is 2. The van der Waals surface area contributed by atoms with Crippen LogP contribution in [0.5, 0.6) is 5.75 Å². The minimum atomic E-state index is -0.320. The van der Waals surface area contributed by atoms with Crippen LogP contribution in [0, 0.1) is 0 Å². The van der Waals surface area contributed by atoms with Crippen molar-refractivity contribution in [2.24, 2.45) is 0 Å². The van der Waals surface area contributed by atoms with Crippen LogP contribution in [0.15, 0.2) is 36.4 Å². The number of hydrogen-bond acceptors (Lipinski definition) is 4. The molecule has 6 nitrogen and oxygen atoms in total. The van der Waals surface area contributed by atoms with Gasteiger partial charge in [0.1, 0.15) is 12.4 Å². The van der Waals surface area contributed by atoms with Crippen molar-refractivity contribution >= 4 is 12.0 Å². The maximum atomic E-state index is 12.6. The van der Waals surface area contributed by atoms with Gasteiger partial charge in [0.05, 0.1) is 6.61 Å². The SMILES string of the molecule is C=C(C)COc1cccc(C(=O)N2CCN(C(=O)OCC)CC2)c1. The van der Waals surface area contributed by atoms with Gasteiger partial charge in [0.25, 0.3) is 5.91 Å². The van der Waals surface area contributed by atoms with Crippen molar-refractivity contribution in [3.05, 3.63) is 42.0 Å². The molecule has 1 saturated heterocycles. The number of carbonyl (C=O) groups excluding carboxylic acids is 2. The van der Waals surface area contributed by atoms with Gasteiger partial charge >= 0.3 is 6.09 Å². The number of piperazine rings is 1. The van der Waals surface area contributed by atoms with Gasteiger partial charge in [0.2, 0.25) is 0 Å². The molecule has 0 aromatic heterocycles. The van der Waals surface area contributed by atoms with Gasteiger partial charge in [-0.05, 0) is 37.6 Å². The highest BCUT2D eigenvalue weighted by Crippen LogP contribution is 2.17. The van der Waals surface area contributed by atoms with Crippen molar-refractivity contribution in [2.75, 3.05) is 39.4 Å². The van der Waals surface area contributed by atoms with E-state index < -0.39 is 0 Å². The summed E-state index contributed by atoms with van der Waals surface area (Å²) in [6, 6.07) is 7.13. The van der Waals surface area contributed by atoms with Gasteiger partial charge < -0.3 is 19.3 Å². The number of hydrogen-bond donors (Lipinski definition) is 0. The van der Waals surface area contributed by atoms with Crippen LogP contribution in [0.1, 0.15) is 24.2 Å². The summed E-state index contributed by atoms with van der Waals surface area (Å²) in [7, 11) is 0. The molecular formula is C18H24N2O4. The Labute approximate surface area is 142 Å². The Morgan fingerprint density at radius 2 is 1.83 bits per heavy atom. The summed E-state index contributed by atoms with van der Waals surface area (Å²) >= 11 is 0. The summed E-state index contributed by atoms with van der Waals surface area (Å²) in [5, 5.41) is 0. The molecule has 0 N–H and O–H groups in total. The smallest absolute Gasteiger partial charge is 0.409 e. The number of rotatable bonds is 5. The molecule has 0 unspecified atom stereocenters. The van der Waals surface area contributed by atoms with Gasteiger partial charge in [-0.15, -0.1) is 0 Å². The molecule has 6 heteroatoms. The molecule has 0 bridgehead atoms. The third-order valence-corrected chi connectivity index (χ3v) is 3.66. The van der Waals surface area contributed by atoms with Gasteiger partial charge in [0, 0.05) is 31.7 Å². The second-order valence-corrected chi connectivity index (χ2v) is 5.75. The summed E-state index contributed by atoms with van der Waals surface area (Å²) in [4.78, 5) is 27.7. The average molecular weight is 332 g/mol. The zero-order valence-corrected chi connectivity index (χ0v) is 14.3. The molecule has 2 rings (SSSR count). The van der Waals surface area contributed by atoms with Gasteiger partial charge in [0.15, 0.2) is 0 Å². The highest BCUT2D eigenvalue weighted by molar-refractivity contribution is 5.94. The van der Waals surface area contributed by atoms with Crippen molar-refractivity contribution in [1.29, 1.82) is 0 Å². The van der Waals surface area contributed by atoms with Gasteiger partial charge in [-0.2, -0.15) is 0 Å². The summed E-state index contributed by atoms with van der Waals surface area (Å²) in [6.07, 6.45) is -0.320. The monoisotopic (exact) mass is 332 g/mol. The van der Waals surface area contributed by atoms with E-state index in [9.17, 15) is 9.59 Å². The van der Waals surface area contributed by atoms with Crippen molar-refractivity contribution in [1.82, 2.24) is 9.80 Å². The molecule has 0 radical (unpaired) electrons. The molecule has 1 aliphatic heterocycles. The summed E-state index contributed by atoms with van der Waals surface area (Å²) in [6.45, 7) is 10.2. The lowest BCUT2D eigenvalue weighted by Gasteiger charge is -2.34. The molecule has 0 aliphatic carbocycles. The zero-order valence-electron chi connectivity index (χ0n) is 14.3. The first kappa shape index (κ1) is 17.8. The van der Waals surface area contributed by atoms with E-state index in [0.717, 1.165) is 5.57 Å². The molecule has 1 aliphatic rings. The predicted octanol–water partition coefficient (Wildman–Crippen LogP) is 2.56. The second kappa shape index (κ2) is 8.38. The maximum absolute atomic E-state index is 12.6. The third-order valence-electron chi connectivity index (χ3n) is 3.66. The molecular weight excluding hydrogens is 308 g/mol. The third kappa shape index (κ3) is 4.75. The van der Waals surface area contributed by atoms with Crippen LogP contribution in [-0.4, -0.2) is 61.2 Å². The summed E-state index contributed by atoms with van der Waals surface area (Å²) in [5.41, 5.74) is 1.50. The van der Waals surface area contributed by atoms with Gasteiger partial charge in [-0.25, -0.2) is 4.79 Å². The van der Waals surface area contributed by atoms with Crippen LogP contribution in [0.2, 0.25) is 0 Å². The van der Waals surface area contributed by atoms with E-state index in [1.54, 1.807) is 34.9 Å². The molecule has 0 saturated carbocycles. The quantitative estimate of drug-likeness (QED) is 0.778. The van der Waals surface area contributed by atoms with Crippen molar-refractivity contribution in [2.45, 2.75) is 13.8 Å². The number of benzene rings is 1. The standard InChI is InChI=1S/C18H24N2O4/c1-4-23-18(22)20-10-8-19(9-11-20)17(21)15-6-5-7-16(12-15)24-13-14(2)3/h5-7,12H,2,4,8-11,13H2,1,3H3. The Morgan fingerprint density at radius 1 is 1.17 bits per heavy atom. The molecule has 0 spiro atoms. The Balaban J connectivity index is 1.94. The minimum absolute atomic E-state index is 0.0562. The van der Waals surface area contributed by atoms with Crippen LogP contribution in [0.25, 0.3) is 0 Å². The fourth-order valence-corrected chi connectivity index (χ4v) is 2.41. The van der Waals surface area contributed by atoms with E-state index in [1.165, 1.54) is 0 Å². The topological polar surface area (TPSA) is 59.1 Å². The zero-order chi connectivity index (χ0) is 17.5. The van der Waals surface area contributed by atoms with E-state index in [1.807, 2.05) is 13.0 Å². The largest absolute Gasteiger partial charge is 0.489 e. The molecule has 130 valence electrons. The molecule has 1 fully saturated rings. The van der Waals surface area contributed by atoms with E-state index in [2.05, 4.69) is 6.58 Å².